The lowest BCUT2D eigenvalue weighted by Gasteiger charge is -2.32. The minimum absolute atomic E-state index is 0.280. The van der Waals surface area contributed by atoms with Gasteiger partial charge in [0.05, 0.1) is 6.26 Å². The van der Waals surface area contributed by atoms with Crippen LogP contribution in [0.2, 0.25) is 0 Å². The average Bonchev–Trinajstić information content (AvgIpc) is 2.79. The quantitative estimate of drug-likeness (QED) is 0.761. The fraction of sp³-hybridized carbons (Fsp3) is 0.714. The molecule has 2 heteroatoms. The Hall–Kier alpha value is -0.760. The van der Waals surface area contributed by atoms with Crippen LogP contribution in [0.1, 0.15) is 52.7 Å². The molecule has 1 unspecified atom stereocenters. The number of aryl methyl sites for hydroxylation is 1. The number of hydrogen-bond acceptors (Lipinski definition) is 2. The molecule has 0 spiro atoms. The number of nitrogens with one attached hydrogen (secondary N) is 1. The van der Waals surface area contributed by atoms with Gasteiger partial charge in [-0.3, -0.25) is 0 Å². The summed E-state index contributed by atoms with van der Waals surface area (Å²) in [7, 11) is 0. The molecular formula is C14H25NO. The molecule has 0 aliphatic heterocycles. The van der Waals surface area contributed by atoms with E-state index in [1.807, 2.05) is 12.1 Å². The van der Waals surface area contributed by atoms with Crippen molar-refractivity contribution in [1.82, 2.24) is 5.32 Å². The highest BCUT2D eigenvalue weighted by atomic mass is 16.3. The molecule has 0 bridgehead atoms. The van der Waals surface area contributed by atoms with Gasteiger partial charge in [-0.1, -0.05) is 13.8 Å². The summed E-state index contributed by atoms with van der Waals surface area (Å²) in [5.41, 5.74) is 0.280. The summed E-state index contributed by atoms with van der Waals surface area (Å²) in [4.78, 5) is 0. The third-order valence-electron chi connectivity index (χ3n) is 3.56. The fourth-order valence-corrected chi connectivity index (χ4v) is 1.93. The molecule has 1 heterocycles. The van der Waals surface area contributed by atoms with Crippen LogP contribution in [0.25, 0.3) is 0 Å². The zero-order valence-electron chi connectivity index (χ0n) is 11.0. The molecule has 1 aromatic rings. The van der Waals surface area contributed by atoms with Crippen molar-refractivity contribution in [2.24, 2.45) is 0 Å². The molecule has 0 aliphatic rings. The third-order valence-corrected chi connectivity index (χ3v) is 3.56. The van der Waals surface area contributed by atoms with Gasteiger partial charge in [-0.25, -0.2) is 0 Å². The summed E-state index contributed by atoms with van der Waals surface area (Å²) in [6.07, 6.45) is 6.24. The molecule has 1 N–H and O–H groups in total. The van der Waals surface area contributed by atoms with E-state index in [1.54, 1.807) is 6.26 Å². The Labute approximate surface area is 99.4 Å². The van der Waals surface area contributed by atoms with Gasteiger partial charge >= 0.3 is 0 Å². The van der Waals surface area contributed by atoms with Gasteiger partial charge in [-0.15, -0.1) is 0 Å². The largest absolute Gasteiger partial charge is 0.469 e. The average molecular weight is 223 g/mol. The lowest BCUT2D eigenvalue weighted by molar-refractivity contribution is 0.287. The fourth-order valence-electron chi connectivity index (χ4n) is 1.93. The molecule has 0 aliphatic carbocycles. The molecule has 16 heavy (non-hydrogen) atoms. The Kier molecular flexibility index (Phi) is 5.07. The SMILES string of the molecule is CCC(C)(CC)NC(C)CCc1ccco1. The van der Waals surface area contributed by atoms with Crippen LogP contribution >= 0.6 is 0 Å². The third kappa shape index (κ3) is 4.01. The van der Waals surface area contributed by atoms with Crippen LogP contribution in [0, 0.1) is 0 Å². The summed E-state index contributed by atoms with van der Waals surface area (Å²) in [5, 5.41) is 3.71. The second-order valence-electron chi connectivity index (χ2n) is 4.93. The number of rotatable bonds is 7. The van der Waals surface area contributed by atoms with Crippen molar-refractivity contribution in [3.8, 4) is 0 Å². The van der Waals surface area contributed by atoms with E-state index in [4.69, 9.17) is 4.42 Å². The van der Waals surface area contributed by atoms with E-state index in [-0.39, 0.29) is 5.54 Å². The Balaban J connectivity index is 2.32. The molecule has 1 atom stereocenters. The number of furan rings is 1. The van der Waals surface area contributed by atoms with Crippen molar-refractivity contribution in [3.63, 3.8) is 0 Å². The van der Waals surface area contributed by atoms with E-state index in [0.717, 1.165) is 18.6 Å². The van der Waals surface area contributed by atoms with Gasteiger partial charge in [0, 0.05) is 18.0 Å². The van der Waals surface area contributed by atoms with Gasteiger partial charge in [-0.05, 0) is 45.2 Å². The van der Waals surface area contributed by atoms with Crippen LogP contribution in [0.15, 0.2) is 22.8 Å². The highest BCUT2D eigenvalue weighted by Gasteiger charge is 2.21. The molecular weight excluding hydrogens is 198 g/mol. The molecule has 0 amide bonds. The van der Waals surface area contributed by atoms with Crippen molar-refractivity contribution in [3.05, 3.63) is 24.2 Å². The second kappa shape index (κ2) is 6.09. The Morgan fingerprint density at radius 3 is 2.56 bits per heavy atom. The standard InChI is InChI=1S/C14H25NO/c1-5-14(4,6-2)15-12(3)9-10-13-8-7-11-16-13/h7-8,11-12,15H,5-6,9-10H2,1-4H3. The first-order valence-electron chi connectivity index (χ1n) is 6.39. The van der Waals surface area contributed by atoms with Gasteiger partial charge in [0.25, 0.3) is 0 Å². The van der Waals surface area contributed by atoms with Gasteiger partial charge in [0.1, 0.15) is 5.76 Å². The molecule has 0 fully saturated rings. The lowest BCUT2D eigenvalue weighted by Crippen LogP contribution is -2.46. The van der Waals surface area contributed by atoms with Gasteiger partial charge in [-0.2, -0.15) is 0 Å². The van der Waals surface area contributed by atoms with E-state index in [0.29, 0.717) is 6.04 Å². The van der Waals surface area contributed by atoms with Crippen molar-refractivity contribution >= 4 is 0 Å². The zero-order chi connectivity index (χ0) is 12.0. The molecule has 1 aromatic heterocycles. The van der Waals surface area contributed by atoms with E-state index in [2.05, 4.69) is 33.0 Å². The van der Waals surface area contributed by atoms with Gasteiger partial charge in [0.15, 0.2) is 0 Å². The first-order chi connectivity index (χ1) is 7.59. The Bertz CT molecular complexity index is 275. The normalized spacial score (nSPS) is 14.0. The summed E-state index contributed by atoms with van der Waals surface area (Å²) in [6, 6.07) is 4.54. The van der Waals surface area contributed by atoms with Gasteiger partial charge < -0.3 is 9.73 Å². The maximum absolute atomic E-state index is 5.34. The first-order valence-corrected chi connectivity index (χ1v) is 6.39. The van der Waals surface area contributed by atoms with Crippen LogP contribution < -0.4 is 5.32 Å². The second-order valence-corrected chi connectivity index (χ2v) is 4.93. The molecule has 1 rings (SSSR count). The maximum atomic E-state index is 5.34. The van der Waals surface area contributed by atoms with Crippen molar-refractivity contribution in [2.45, 2.75) is 65.0 Å². The summed E-state index contributed by atoms with van der Waals surface area (Å²) >= 11 is 0. The molecule has 0 aromatic carbocycles. The topological polar surface area (TPSA) is 25.2 Å². The monoisotopic (exact) mass is 223 g/mol. The minimum atomic E-state index is 0.280. The summed E-state index contributed by atoms with van der Waals surface area (Å²) in [6.45, 7) is 9.05. The molecule has 0 saturated carbocycles. The molecule has 0 radical (unpaired) electrons. The van der Waals surface area contributed by atoms with E-state index < -0.39 is 0 Å². The van der Waals surface area contributed by atoms with Crippen molar-refractivity contribution in [2.75, 3.05) is 0 Å². The molecule has 0 saturated heterocycles. The first kappa shape index (κ1) is 13.3. The predicted molar refractivity (Wildman–Crippen MR) is 68.6 cm³/mol. The van der Waals surface area contributed by atoms with Crippen LogP contribution in [0.3, 0.4) is 0 Å². The van der Waals surface area contributed by atoms with Crippen LogP contribution in [0.4, 0.5) is 0 Å². The minimum Gasteiger partial charge on any atom is -0.469 e. The summed E-state index contributed by atoms with van der Waals surface area (Å²) in [5.74, 6) is 1.09. The maximum Gasteiger partial charge on any atom is 0.103 e. The highest BCUT2D eigenvalue weighted by molar-refractivity contribution is 4.98. The lowest BCUT2D eigenvalue weighted by atomic mass is 9.94. The van der Waals surface area contributed by atoms with Crippen LogP contribution in [0.5, 0.6) is 0 Å². The van der Waals surface area contributed by atoms with E-state index >= 15 is 0 Å². The van der Waals surface area contributed by atoms with E-state index in [9.17, 15) is 0 Å². The van der Waals surface area contributed by atoms with Gasteiger partial charge in [0.2, 0.25) is 0 Å². The van der Waals surface area contributed by atoms with E-state index in [1.165, 1.54) is 12.8 Å². The van der Waals surface area contributed by atoms with Crippen LogP contribution in [-0.2, 0) is 6.42 Å². The predicted octanol–water partition coefficient (Wildman–Crippen LogP) is 3.77. The Morgan fingerprint density at radius 2 is 2.06 bits per heavy atom. The summed E-state index contributed by atoms with van der Waals surface area (Å²) < 4.78 is 5.34. The van der Waals surface area contributed by atoms with Crippen molar-refractivity contribution < 1.29 is 4.42 Å². The number of hydrogen-bond donors (Lipinski definition) is 1. The van der Waals surface area contributed by atoms with Crippen molar-refractivity contribution in [1.29, 1.82) is 0 Å². The van der Waals surface area contributed by atoms with Crippen LogP contribution in [-0.4, -0.2) is 11.6 Å². The Morgan fingerprint density at radius 1 is 1.38 bits per heavy atom. The highest BCUT2D eigenvalue weighted by Crippen LogP contribution is 2.16. The molecule has 2 nitrogen and oxygen atoms in total. The zero-order valence-corrected chi connectivity index (χ0v) is 11.0. The smallest absolute Gasteiger partial charge is 0.103 e. The molecule has 92 valence electrons.